The first kappa shape index (κ1) is 12.6. The molecule has 0 bridgehead atoms. The van der Waals surface area contributed by atoms with Gasteiger partial charge >= 0.3 is 0 Å². The van der Waals surface area contributed by atoms with Crippen LogP contribution in [0.4, 0.5) is 0 Å². The summed E-state index contributed by atoms with van der Waals surface area (Å²) < 4.78 is 12.6. The van der Waals surface area contributed by atoms with Crippen molar-refractivity contribution in [3.8, 4) is 11.4 Å². The lowest BCUT2D eigenvalue weighted by Gasteiger charge is -1.99. The maximum Gasteiger partial charge on any atom is 0.197 e. The Morgan fingerprint density at radius 1 is 1.33 bits per heavy atom. The van der Waals surface area contributed by atoms with E-state index in [1.807, 2.05) is 12.3 Å². The largest absolute Gasteiger partial charge is 0.462 e. The predicted octanol–water partition coefficient (Wildman–Crippen LogP) is 0.612. The fourth-order valence-corrected chi connectivity index (χ4v) is 1.94. The molecule has 0 aromatic carbocycles. The van der Waals surface area contributed by atoms with E-state index in [1.54, 1.807) is 29.3 Å². The molecule has 2 aromatic rings. The van der Waals surface area contributed by atoms with Gasteiger partial charge in [0.1, 0.15) is 6.20 Å². The topological polar surface area (TPSA) is 59.6 Å². The van der Waals surface area contributed by atoms with Gasteiger partial charge in [0.15, 0.2) is 18.6 Å². The van der Waals surface area contributed by atoms with Crippen LogP contribution < -0.4 is 4.68 Å². The van der Waals surface area contributed by atoms with Crippen molar-refractivity contribution in [2.24, 2.45) is 0 Å². The molecule has 2 aromatic heterocycles. The van der Waals surface area contributed by atoms with Gasteiger partial charge in [-0.3, -0.25) is 10.4 Å². The van der Waals surface area contributed by atoms with Crippen molar-refractivity contribution in [2.45, 2.75) is 13.0 Å². The maximum absolute atomic E-state index is 10.8. The summed E-state index contributed by atoms with van der Waals surface area (Å²) in [4.78, 5) is 8.31. The Morgan fingerprint density at radius 3 is 2.72 bits per heavy atom. The maximum atomic E-state index is 10.8. The predicted molar refractivity (Wildman–Crippen MR) is 70.1 cm³/mol. The second kappa shape index (κ2) is 6.20. The standard InChI is InChI=1S/C12H14N4OS/c1-18(17)9-3-7-16-8-4-11(10-15-16)12-13-5-2-6-14-12/h2,4-6,8,10H,1,3,7,9H2. The Labute approximate surface area is 108 Å². The van der Waals surface area contributed by atoms with Crippen LogP contribution in [0.2, 0.25) is 0 Å². The second-order valence-electron chi connectivity index (χ2n) is 3.75. The minimum absolute atomic E-state index is 0.595. The van der Waals surface area contributed by atoms with Crippen LogP contribution in [0.3, 0.4) is 0 Å². The van der Waals surface area contributed by atoms with Gasteiger partial charge < -0.3 is 4.21 Å². The van der Waals surface area contributed by atoms with Gasteiger partial charge in [-0.2, -0.15) is 5.87 Å². The summed E-state index contributed by atoms with van der Waals surface area (Å²) in [6.45, 7) is 0.733. The third-order valence-electron chi connectivity index (χ3n) is 2.35. The van der Waals surface area contributed by atoms with Crippen LogP contribution in [-0.4, -0.2) is 26.7 Å². The molecule has 0 aliphatic carbocycles. The Morgan fingerprint density at radius 2 is 2.11 bits per heavy atom. The first-order valence-electron chi connectivity index (χ1n) is 5.57. The van der Waals surface area contributed by atoms with Crippen molar-refractivity contribution in [1.29, 1.82) is 0 Å². The number of hydrogen-bond donors (Lipinski definition) is 0. The van der Waals surface area contributed by atoms with Gasteiger partial charge in [0, 0.05) is 24.0 Å². The number of aryl methyl sites for hydroxylation is 1. The highest BCUT2D eigenvalue weighted by molar-refractivity contribution is 7.82. The summed E-state index contributed by atoms with van der Waals surface area (Å²) in [5.74, 6) is 4.71. The van der Waals surface area contributed by atoms with E-state index in [0.29, 0.717) is 11.6 Å². The van der Waals surface area contributed by atoms with E-state index in [9.17, 15) is 4.21 Å². The first-order chi connectivity index (χ1) is 8.75. The molecule has 0 amide bonds. The molecule has 0 aliphatic rings. The Hall–Kier alpha value is -1.82. The van der Waals surface area contributed by atoms with Gasteiger partial charge in [-0.1, -0.05) is 10.4 Å². The third-order valence-corrected chi connectivity index (χ3v) is 3.10. The highest BCUT2D eigenvalue weighted by atomic mass is 32.2. The molecule has 5 nitrogen and oxygen atoms in total. The minimum atomic E-state index is -0.984. The van der Waals surface area contributed by atoms with Gasteiger partial charge in [0.2, 0.25) is 0 Å². The molecule has 6 heteroatoms. The zero-order chi connectivity index (χ0) is 12.8. The zero-order valence-electron chi connectivity index (χ0n) is 9.90. The molecule has 94 valence electrons. The van der Waals surface area contributed by atoms with Crippen LogP contribution in [0.5, 0.6) is 0 Å². The van der Waals surface area contributed by atoms with E-state index in [1.165, 1.54) is 0 Å². The van der Waals surface area contributed by atoms with Crippen LogP contribution in [0.1, 0.15) is 6.42 Å². The molecule has 0 unspecified atom stereocenters. The van der Waals surface area contributed by atoms with E-state index in [4.69, 9.17) is 0 Å². The van der Waals surface area contributed by atoms with Crippen molar-refractivity contribution >= 4 is 16.3 Å². The van der Waals surface area contributed by atoms with Crippen molar-refractivity contribution in [3.63, 3.8) is 0 Å². The van der Waals surface area contributed by atoms with Crippen LogP contribution >= 0.6 is 0 Å². The summed E-state index contributed by atoms with van der Waals surface area (Å²) in [5.41, 5.74) is 0.882. The lowest BCUT2D eigenvalue weighted by molar-refractivity contribution is -0.753. The van der Waals surface area contributed by atoms with E-state index < -0.39 is 10.4 Å². The van der Waals surface area contributed by atoms with E-state index in [-0.39, 0.29) is 0 Å². The van der Waals surface area contributed by atoms with Gasteiger partial charge in [0.25, 0.3) is 0 Å². The van der Waals surface area contributed by atoms with Crippen molar-refractivity contribution < 1.29 is 8.89 Å². The van der Waals surface area contributed by atoms with Gasteiger partial charge in [-0.05, 0) is 17.6 Å². The summed E-state index contributed by atoms with van der Waals surface area (Å²) in [6, 6.07) is 3.70. The van der Waals surface area contributed by atoms with E-state index in [0.717, 1.165) is 18.5 Å². The normalized spacial score (nSPS) is 10.7. The molecule has 0 radical (unpaired) electrons. The summed E-state index contributed by atoms with van der Waals surface area (Å²) in [6.07, 6.45) is 7.81. The lowest BCUT2D eigenvalue weighted by atomic mass is 10.3. The Kier molecular flexibility index (Phi) is 4.35. The van der Waals surface area contributed by atoms with E-state index >= 15 is 0 Å². The van der Waals surface area contributed by atoms with Crippen molar-refractivity contribution in [1.82, 2.24) is 15.1 Å². The molecule has 0 saturated carbocycles. The molecular formula is C12H14N4OS. The number of aromatic nitrogens is 4. The van der Waals surface area contributed by atoms with Crippen LogP contribution in [0.15, 0.2) is 36.9 Å². The smallest absolute Gasteiger partial charge is 0.197 e. The monoisotopic (exact) mass is 262 g/mol. The van der Waals surface area contributed by atoms with Gasteiger partial charge in [-0.25, -0.2) is 9.97 Å². The van der Waals surface area contributed by atoms with Gasteiger partial charge in [0.05, 0.1) is 0 Å². The molecular weight excluding hydrogens is 248 g/mol. The third kappa shape index (κ3) is 3.59. The molecule has 0 aliphatic heterocycles. The first-order valence-corrected chi connectivity index (χ1v) is 7.06. The molecule has 0 fully saturated rings. The number of nitrogens with zero attached hydrogens (tertiary/aromatic N) is 4. The highest BCUT2D eigenvalue weighted by Gasteiger charge is 2.05. The minimum Gasteiger partial charge on any atom is -0.462 e. The Balaban J connectivity index is 2.02. The van der Waals surface area contributed by atoms with E-state index in [2.05, 4.69) is 20.9 Å². The molecule has 18 heavy (non-hydrogen) atoms. The molecule has 2 heterocycles. The fraction of sp³-hybridized carbons (Fsp3) is 0.250. The zero-order valence-corrected chi connectivity index (χ0v) is 10.7. The van der Waals surface area contributed by atoms with Crippen LogP contribution in [0, 0.1) is 0 Å². The number of rotatable bonds is 5. The molecule has 0 saturated heterocycles. The summed E-state index contributed by atoms with van der Waals surface area (Å²) in [5, 5.41) is 4.27. The SMILES string of the molecule is C=[S-](=O)CCC[n+]1ccc(-c2ncccn2)cn1. The Bertz CT molecular complexity index is 558. The average molecular weight is 262 g/mol. The molecule has 2 rings (SSSR count). The van der Waals surface area contributed by atoms with Crippen LogP contribution in [-0.2, 0) is 21.1 Å². The number of hydrogen-bond acceptors (Lipinski definition) is 5. The lowest BCUT2D eigenvalue weighted by Crippen LogP contribution is -2.37. The van der Waals surface area contributed by atoms with Gasteiger partial charge in [-0.15, -0.1) is 0 Å². The molecule has 0 atom stereocenters. The summed E-state index contributed by atoms with van der Waals surface area (Å²) in [7, 11) is -0.984. The summed E-state index contributed by atoms with van der Waals surface area (Å²) >= 11 is 0. The molecule has 0 spiro atoms. The van der Waals surface area contributed by atoms with Crippen LogP contribution in [0.25, 0.3) is 11.4 Å². The average Bonchev–Trinajstić information content (AvgIpc) is 2.40. The quantitative estimate of drug-likeness (QED) is 0.450. The highest BCUT2D eigenvalue weighted by Crippen LogP contribution is 2.09. The van der Waals surface area contributed by atoms with Crippen molar-refractivity contribution in [3.05, 3.63) is 36.9 Å². The molecule has 0 N–H and O–H groups in total. The fourth-order valence-electron chi connectivity index (χ4n) is 1.48. The second-order valence-corrected chi connectivity index (χ2v) is 5.04. The van der Waals surface area contributed by atoms with Crippen molar-refractivity contribution in [2.75, 3.05) is 5.75 Å².